The average Bonchev–Trinajstić information content (AvgIpc) is 3.16. The molecule has 0 bridgehead atoms. The van der Waals surface area contributed by atoms with Crippen LogP contribution in [0.4, 0.5) is 5.82 Å². The zero-order valence-corrected chi connectivity index (χ0v) is 18.8. The normalized spacial score (nSPS) is 15.4. The number of fused-ring (bicyclic) bond motifs is 3. The van der Waals surface area contributed by atoms with Crippen LogP contribution in [0, 0.1) is 0 Å². The molecule has 0 aliphatic carbocycles. The largest absolute Gasteiger partial charge is 0.456 e. The summed E-state index contributed by atoms with van der Waals surface area (Å²) in [5, 5.41) is 0. The first-order chi connectivity index (χ1) is 15.4. The lowest BCUT2D eigenvalue weighted by atomic mass is 9.89. The van der Waals surface area contributed by atoms with Crippen molar-refractivity contribution < 1.29 is 9.53 Å². The van der Waals surface area contributed by atoms with Gasteiger partial charge < -0.3 is 9.64 Å². The van der Waals surface area contributed by atoms with Crippen molar-refractivity contribution in [3.05, 3.63) is 71.9 Å². The molecular formula is C26H28N4O2. The first kappa shape index (κ1) is 20.5. The number of para-hydroxylation sites is 1. The van der Waals surface area contributed by atoms with E-state index in [9.17, 15) is 4.79 Å². The average molecular weight is 429 g/mol. The van der Waals surface area contributed by atoms with E-state index in [2.05, 4.69) is 35.2 Å². The Morgan fingerprint density at radius 3 is 2.44 bits per heavy atom. The van der Waals surface area contributed by atoms with Crippen molar-refractivity contribution in [3.8, 4) is 0 Å². The lowest BCUT2D eigenvalue weighted by molar-refractivity contribution is 0.00716. The quantitative estimate of drug-likeness (QED) is 0.419. The van der Waals surface area contributed by atoms with E-state index in [0.717, 1.165) is 37.3 Å². The van der Waals surface area contributed by atoms with Gasteiger partial charge in [-0.3, -0.25) is 4.40 Å². The molecule has 0 atom stereocenters. The van der Waals surface area contributed by atoms with Crippen molar-refractivity contribution in [1.82, 2.24) is 14.4 Å². The Balaban J connectivity index is 1.41. The van der Waals surface area contributed by atoms with E-state index in [1.807, 2.05) is 49.6 Å². The van der Waals surface area contributed by atoms with Crippen molar-refractivity contribution in [2.24, 2.45) is 0 Å². The van der Waals surface area contributed by atoms with Crippen LogP contribution in [0.2, 0.25) is 0 Å². The first-order valence-corrected chi connectivity index (χ1v) is 11.2. The molecule has 5 rings (SSSR count). The second kappa shape index (κ2) is 7.93. The van der Waals surface area contributed by atoms with Gasteiger partial charge in [-0.15, -0.1) is 0 Å². The number of nitrogens with zero attached hydrogens (tertiary/aromatic N) is 4. The smallest absolute Gasteiger partial charge is 0.340 e. The first-order valence-electron chi connectivity index (χ1n) is 11.2. The van der Waals surface area contributed by atoms with E-state index in [-0.39, 0.29) is 5.97 Å². The monoisotopic (exact) mass is 428 g/mol. The summed E-state index contributed by atoms with van der Waals surface area (Å²) < 4.78 is 7.51. The summed E-state index contributed by atoms with van der Waals surface area (Å²) >= 11 is 0. The molecule has 6 nitrogen and oxygen atoms in total. The molecule has 0 unspecified atom stereocenters. The second-order valence-corrected chi connectivity index (χ2v) is 9.41. The van der Waals surface area contributed by atoms with Gasteiger partial charge in [-0.2, -0.15) is 4.98 Å². The third-order valence-electron chi connectivity index (χ3n) is 6.00. The Labute approximate surface area is 187 Å². The van der Waals surface area contributed by atoms with Gasteiger partial charge in [0, 0.05) is 19.3 Å². The van der Waals surface area contributed by atoms with Crippen LogP contribution in [0.3, 0.4) is 0 Å². The summed E-state index contributed by atoms with van der Waals surface area (Å²) in [6.45, 7) is 7.52. The highest BCUT2D eigenvalue weighted by atomic mass is 16.6. The molecule has 32 heavy (non-hydrogen) atoms. The minimum absolute atomic E-state index is 0.366. The number of carbonyl (C=O) groups excluding carboxylic acids is 1. The van der Waals surface area contributed by atoms with Crippen molar-refractivity contribution in [3.63, 3.8) is 0 Å². The minimum atomic E-state index is -0.560. The molecule has 1 fully saturated rings. The van der Waals surface area contributed by atoms with E-state index < -0.39 is 5.60 Å². The Morgan fingerprint density at radius 2 is 1.72 bits per heavy atom. The molecule has 1 aliphatic rings. The summed E-state index contributed by atoms with van der Waals surface area (Å²) in [5.41, 5.74) is 2.80. The number of esters is 1. The summed E-state index contributed by atoms with van der Waals surface area (Å²) in [7, 11) is 0. The molecule has 4 aromatic rings. The van der Waals surface area contributed by atoms with E-state index in [1.54, 1.807) is 6.07 Å². The molecule has 6 heteroatoms. The van der Waals surface area contributed by atoms with E-state index >= 15 is 0 Å². The highest BCUT2D eigenvalue weighted by molar-refractivity contribution is 6.03. The Hall–Kier alpha value is -3.41. The number of piperidine rings is 1. The van der Waals surface area contributed by atoms with Crippen LogP contribution in [-0.2, 0) is 4.74 Å². The highest BCUT2D eigenvalue weighted by Gasteiger charge is 2.24. The van der Waals surface area contributed by atoms with E-state index in [4.69, 9.17) is 14.7 Å². The van der Waals surface area contributed by atoms with E-state index in [0.29, 0.717) is 22.8 Å². The van der Waals surface area contributed by atoms with Gasteiger partial charge in [0.2, 0.25) is 5.78 Å². The van der Waals surface area contributed by atoms with Crippen LogP contribution in [0.1, 0.15) is 55.5 Å². The second-order valence-electron chi connectivity index (χ2n) is 9.41. The maximum absolute atomic E-state index is 12.7. The van der Waals surface area contributed by atoms with Gasteiger partial charge in [-0.05, 0) is 63.3 Å². The van der Waals surface area contributed by atoms with Crippen molar-refractivity contribution in [1.29, 1.82) is 0 Å². The van der Waals surface area contributed by atoms with Crippen LogP contribution < -0.4 is 4.90 Å². The van der Waals surface area contributed by atoms with Gasteiger partial charge in [0.25, 0.3) is 0 Å². The van der Waals surface area contributed by atoms with Crippen LogP contribution in [0.5, 0.6) is 0 Å². The molecule has 0 saturated carbocycles. The molecule has 164 valence electrons. The topological polar surface area (TPSA) is 59.7 Å². The summed E-state index contributed by atoms with van der Waals surface area (Å²) in [6, 6.07) is 18.4. The number of ether oxygens (including phenoxy) is 1. The SMILES string of the molecule is CC(C)(C)OC(=O)c1cccc2c1nc1nc(N3CCC(c4ccccc4)CC3)ccn12. The van der Waals surface area contributed by atoms with Gasteiger partial charge in [0.05, 0.1) is 11.1 Å². The number of imidazole rings is 1. The molecule has 0 spiro atoms. The standard InChI is InChI=1S/C26H28N4O2/c1-26(2,3)32-24(31)20-10-7-11-21-23(20)28-25-27-22(14-17-30(21)25)29-15-12-19(13-16-29)18-8-5-4-6-9-18/h4-11,14,17,19H,12-13,15-16H2,1-3H3. The fraction of sp³-hybridized carbons (Fsp3) is 0.346. The van der Waals surface area contributed by atoms with Crippen molar-refractivity contribution in [2.75, 3.05) is 18.0 Å². The van der Waals surface area contributed by atoms with Gasteiger partial charge in [-0.25, -0.2) is 9.78 Å². The van der Waals surface area contributed by atoms with Gasteiger partial charge in [-0.1, -0.05) is 36.4 Å². The molecule has 3 heterocycles. The predicted octanol–water partition coefficient (Wildman–Crippen LogP) is 5.22. The number of hydrogen-bond donors (Lipinski definition) is 0. The summed E-state index contributed by atoms with van der Waals surface area (Å²) in [4.78, 5) is 24.6. The fourth-order valence-corrected chi connectivity index (χ4v) is 4.45. The maximum Gasteiger partial charge on any atom is 0.340 e. The molecule has 2 aromatic carbocycles. The van der Waals surface area contributed by atoms with Crippen LogP contribution in [0.25, 0.3) is 16.8 Å². The van der Waals surface area contributed by atoms with Gasteiger partial charge >= 0.3 is 5.97 Å². The maximum atomic E-state index is 12.7. The zero-order chi connectivity index (χ0) is 22.3. The molecular weight excluding hydrogens is 400 g/mol. The van der Waals surface area contributed by atoms with Crippen molar-refractivity contribution in [2.45, 2.75) is 45.1 Å². The number of hydrogen-bond acceptors (Lipinski definition) is 5. The molecule has 0 radical (unpaired) electrons. The minimum Gasteiger partial charge on any atom is -0.456 e. The molecule has 0 amide bonds. The number of aromatic nitrogens is 3. The van der Waals surface area contributed by atoms with E-state index in [1.165, 1.54) is 5.56 Å². The lowest BCUT2D eigenvalue weighted by Gasteiger charge is -2.33. The number of carbonyl (C=O) groups is 1. The van der Waals surface area contributed by atoms with Crippen LogP contribution in [-0.4, -0.2) is 39.0 Å². The number of benzene rings is 2. The van der Waals surface area contributed by atoms with Crippen LogP contribution >= 0.6 is 0 Å². The molecule has 2 aromatic heterocycles. The lowest BCUT2D eigenvalue weighted by Crippen LogP contribution is -2.33. The zero-order valence-electron chi connectivity index (χ0n) is 18.8. The fourth-order valence-electron chi connectivity index (χ4n) is 4.45. The highest BCUT2D eigenvalue weighted by Crippen LogP contribution is 2.30. The Kier molecular flexibility index (Phi) is 5.08. The Bertz CT molecular complexity index is 1270. The third-order valence-corrected chi connectivity index (χ3v) is 6.00. The number of anilines is 1. The van der Waals surface area contributed by atoms with Crippen molar-refractivity contribution >= 4 is 28.6 Å². The summed E-state index contributed by atoms with van der Waals surface area (Å²) in [6.07, 6.45) is 4.21. The molecule has 1 saturated heterocycles. The predicted molar refractivity (Wildman–Crippen MR) is 126 cm³/mol. The third kappa shape index (κ3) is 3.93. The van der Waals surface area contributed by atoms with Gasteiger partial charge in [0.1, 0.15) is 16.9 Å². The molecule has 1 aliphatic heterocycles. The van der Waals surface area contributed by atoms with Gasteiger partial charge in [0.15, 0.2) is 0 Å². The summed E-state index contributed by atoms with van der Waals surface area (Å²) in [5.74, 6) is 1.76. The number of rotatable bonds is 3. The Morgan fingerprint density at radius 1 is 0.969 bits per heavy atom. The molecule has 0 N–H and O–H groups in total. The van der Waals surface area contributed by atoms with Crippen LogP contribution in [0.15, 0.2) is 60.8 Å².